The van der Waals surface area contributed by atoms with Crippen LogP contribution in [0.5, 0.6) is 5.75 Å². The second-order valence-corrected chi connectivity index (χ2v) is 7.96. The molecule has 3 aromatic rings. The van der Waals surface area contributed by atoms with E-state index < -0.39 is 0 Å². The first-order chi connectivity index (χ1) is 14.5. The number of ether oxygens (including phenoxy) is 1. The van der Waals surface area contributed by atoms with E-state index in [1.165, 1.54) is 11.1 Å². The van der Waals surface area contributed by atoms with Gasteiger partial charge in [-0.2, -0.15) is 0 Å². The van der Waals surface area contributed by atoms with Crippen LogP contribution in [0, 0.1) is 13.8 Å². The summed E-state index contributed by atoms with van der Waals surface area (Å²) in [5.74, 6) is 0.735. The van der Waals surface area contributed by atoms with Crippen molar-refractivity contribution in [1.82, 2.24) is 4.90 Å². The summed E-state index contributed by atoms with van der Waals surface area (Å²) >= 11 is 0. The number of hydrogen-bond donors (Lipinski definition) is 0. The summed E-state index contributed by atoms with van der Waals surface area (Å²) in [6.07, 6.45) is 2.67. The molecule has 1 aromatic heterocycles. The third-order valence-electron chi connectivity index (χ3n) is 6.20. The standard InChI is InChI=1S/C25H27NO4/c1-16-7-4-5-8-19(16)22-9-6-14-26(22)24(27)13-12-21-17(2)20-11-10-18(29-3)15-23(20)30-25(21)28/h4-5,7-8,10-11,15,22H,6,9,12-14H2,1-3H3. The number of likely N-dealkylation sites (tertiary alicyclic amines) is 1. The minimum atomic E-state index is -0.377. The molecule has 1 aliphatic heterocycles. The molecule has 0 N–H and O–H groups in total. The number of carbonyl (C=O) groups excluding carboxylic acids is 1. The highest BCUT2D eigenvalue weighted by molar-refractivity contribution is 5.83. The zero-order valence-corrected chi connectivity index (χ0v) is 17.7. The van der Waals surface area contributed by atoms with E-state index >= 15 is 0 Å². The van der Waals surface area contributed by atoms with Gasteiger partial charge in [0.1, 0.15) is 11.3 Å². The Balaban J connectivity index is 1.54. The Kier molecular flexibility index (Phi) is 5.62. The third kappa shape index (κ3) is 3.72. The fraction of sp³-hybridized carbons (Fsp3) is 0.360. The average Bonchev–Trinajstić information content (AvgIpc) is 3.23. The van der Waals surface area contributed by atoms with Gasteiger partial charge in [0.15, 0.2) is 0 Å². The lowest BCUT2D eigenvalue weighted by molar-refractivity contribution is -0.132. The second kappa shape index (κ2) is 8.34. The molecule has 4 rings (SSSR count). The third-order valence-corrected chi connectivity index (χ3v) is 6.20. The van der Waals surface area contributed by atoms with Crippen molar-refractivity contribution < 1.29 is 13.9 Å². The minimum Gasteiger partial charge on any atom is -0.497 e. The number of fused-ring (bicyclic) bond motifs is 1. The molecule has 5 heteroatoms. The first-order valence-corrected chi connectivity index (χ1v) is 10.4. The first kappa shape index (κ1) is 20.2. The molecule has 30 heavy (non-hydrogen) atoms. The molecule has 0 radical (unpaired) electrons. The smallest absolute Gasteiger partial charge is 0.339 e. The summed E-state index contributed by atoms with van der Waals surface area (Å²) < 4.78 is 10.7. The molecule has 0 spiro atoms. The molecule has 0 bridgehead atoms. The highest BCUT2D eigenvalue weighted by Crippen LogP contribution is 2.34. The normalized spacial score (nSPS) is 16.2. The summed E-state index contributed by atoms with van der Waals surface area (Å²) in [6.45, 7) is 4.77. The molecule has 1 unspecified atom stereocenters. The van der Waals surface area contributed by atoms with Crippen LogP contribution in [0.4, 0.5) is 0 Å². The van der Waals surface area contributed by atoms with Crippen LogP contribution < -0.4 is 10.4 Å². The van der Waals surface area contributed by atoms with E-state index in [4.69, 9.17) is 9.15 Å². The number of nitrogens with zero attached hydrogens (tertiary/aromatic N) is 1. The van der Waals surface area contributed by atoms with E-state index in [0.29, 0.717) is 29.7 Å². The maximum Gasteiger partial charge on any atom is 0.339 e. The first-order valence-electron chi connectivity index (χ1n) is 10.4. The molecule has 2 heterocycles. The van der Waals surface area contributed by atoms with Gasteiger partial charge in [0.25, 0.3) is 0 Å². The van der Waals surface area contributed by atoms with Gasteiger partial charge in [0.05, 0.1) is 13.2 Å². The van der Waals surface area contributed by atoms with Gasteiger partial charge in [0, 0.05) is 30.0 Å². The van der Waals surface area contributed by atoms with Crippen LogP contribution in [0.1, 0.15) is 47.6 Å². The number of carbonyl (C=O) groups is 1. The second-order valence-electron chi connectivity index (χ2n) is 7.96. The van der Waals surface area contributed by atoms with Gasteiger partial charge < -0.3 is 14.1 Å². The van der Waals surface area contributed by atoms with Crippen molar-refractivity contribution in [2.75, 3.05) is 13.7 Å². The molecule has 1 atom stereocenters. The number of benzene rings is 2. The molecular formula is C25H27NO4. The van der Waals surface area contributed by atoms with Gasteiger partial charge in [0.2, 0.25) is 5.91 Å². The van der Waals surface area contributed by atoms with E-state index in [0.717, 1.165) is 30.3 Å². The number of rotatable bonds is 5. The molecular weight excluding hydrogens is 378 g/mol. The monoisotopic (exact) mass is 405 g/mol. The molecule has 1 amide bonds. The molecule has 0 aliphatic carbocycles. The fourth-order valence-electron chi connectivity index (χ4n) is 4.52. The highest BCUT2D eigenvalue weighted by atomic mass is 16.5. The molecule has 1 fully saturated rings. The van der Waals surface area contributed by atoms with Crippen molar-refractivity contribution in [2.24, 2.45) is 0 Å². The Morgan fingerprint density at radius 2 is 2.00 bits per heavy atom. The van der Waals surface area contributed by atoms with Crippen LogP contribution in [0.15, 0.2) is 51.7 Å². The molecule has 1 saturated heterocycles. The van der Waals surface area contributed by atoms with Crippen molar-refractivity contribution in [3.05, 3.63) is 75.1 Å². The summed E-state index contributed by atoms with van der Waals surface area (Å²) in [5.41, 5.74) is 4.01. The topological polar surface area (TPSA) is 59.8 Å². The predicted octanol–water partition coefficient (Wildman–Crippen LogP) is 4.71. The summed E-state index contributed by atoms with van der Waals surface area (Å²) in [6, 6.07) is 13.8. The lowest BCUT2D eigenvalue weighted by Crippen LogP contribution is -2.31. The SMILES string of the molecule is COc1ccc2c(C)c(CCC(=O)N3CCCC3c3ccccc3C)c(=O)oc2c1. The van der Waals surface area contributed by atoms with E-state index in [2.05, 4.69) is 19.1 Å². The van der Waals surface area contributed by atoms with Gasteiger partial charge in [-0.15, -0.1) is 0 Å². The lowest BCUT2D eigenvalue weighted by atomic mass is 9.98. The Morgan fingerprint density at radius 3 is 2.77 bits per heavy atom. The number of amides is 1. The number of hydrogen-bond acceptors (Lipinski definition) is 4. The molecule has 0 saturated carbocycles. The Labute approximate surface area is 176 Å². The van der Waals surface area contributed by atoms with Crippen LogP contribution in [0.25, 0.3) is 11.0 Å². The van der Waals surface area contributed by atoms with E-state index in [-0.39, 0.29) is 17.6 Å². The average molecular weight is 405 g/mol. The quantitative estimate of drug-likeness (QED) is 0.577. The molecule has 156 valence electrons. The van der Waals surface area contributed by atoms with Gasteiger partial charge in [-0.25, -0.2) is 4.79 Å². The zero-order valence-electron chi connectivity index (χ0n) is 17.7. The lowest BCUT2D eigenvalue weighted by Gasteiger charge is -2.26. The minimum absolute atomic E-state index is 0.0920. The van der Waals surface area contributed by atoms with Gasteiger partial charge in [-0.05, 0) is 61.9 Å². The highest BCUT2D eigenvalue weighted by Gasteiger charge is 2.30. The van der Waals surface area contributed by atoms with Crippen LogP contribution >= 0.6 is 0 Å². The van der Waals surface area contributed by atoms with Crippen LogP contribution in [0.3, 0.4) is 0 Å². The Hall–Kier alpha value is -3.08. The van der Waals surface area contributed by atoms with Gasteiger partial charge in [-0.3, -0.25) is 4.79 Å². The van der Waals surface area contributed by atoms with Crippen LogP contribution in [-0.4, -0.2) is 24.5 Å². The predicted molar refractivity (Wildman–Crippen MR) is 117 cm³/mol. The molecule has 1 aliphatic rings. The summed E-state index contributed by atoms with van der Waals surface area (Å²) in [4.78, 5) is 27.6. The van der Waals surface area contributed by atoms with Crippen LogP contribution in [-0.2, 0) is 11.2 Å². The van der Waals surface area contributed by atoms with Crippen LogP contribution in [0.2, 0.25) is 0 Å². The largest absolute Gasteiger partial charge is 0.497 e. The van der Waals surface area contributed by atoms with Gasteiger partial charge >= 0.3 is 5.63 Å². The van der Waals surface area contributed by atoms with E-state index in [1.54, 1.807) is 13.2 Å². The maximum atomic E-state index is 13.1. The summed E-state index contributed by atoms with van der Waals surface area (Å²) in [5, 5.41) is 0.872. The van der Waals surface area contributed by atoms with Crippen molar-refractivity contribution in [3.63, 3.8) is 0 Å². The summed E-state index contributed by atoms with van der Waals surface area (Å²) in [7, 11) is 1.58. The van der Waals surface area contributed by atoms with E-state index in [1.807, 2.05) is 36.1 Å². The number of aryl methyl sites for hydroxylation is 2. The number of methoxy groups -OCH3 is 1. The van der Waals surface area contributed by atoms with Gasteiger partial charge in [-0.1, -0.05) is 24.3 Å². The maximum absolute atomic E-state index is 13.1. The zero-order chi connectivity index (χ0) is 21.3. The molecule has 5 nitrogen and oxygen atoms in total. The Bertz CT molecular complexity index is 1150. The van der Waals surface area contributed by atoms with Crippen molar-refractivity contribution in [3.8, 4) is 5.75 Å². The van der Waals surface area contributed by atoms with Crippen molar-refractivity contribution in [2.45, 2.75) is 45.6 Å². The fourth-order valence-corrected chi connectivity index (χ4v) is 4.52. The van der Waals surface area contributed by atoms with Crippen molar-refractivity contribution in [1.29, 1.82) is 0 Å². The molecule has 2 aromatic carbocycles. The van der Waals surface area contributed by atoms with E-state index in [9.17, 15) is 9.59 Å². The van der Waals surface area contributed by atoms with Crippen molar-refractivity contribution >= 4 is 16.9 Å². The Morgan fingerprint density at radius 1 is 1.20 bits per heavy atom.